The number of nitrogens with one attached hydrogen (secondary N) is 1. The van der Waals surface area contributed by atoms with Gasteiger partial charge in [-0.15, -0.1) is 0 Å². The zero-order chi connectivity index (χ0) is 19.6. The highest BCUT2D eigenvalue weighted by atomic mass is 16.5. The Hall–Kier alpha value is -3.15. The van der Waals surface area contributed by atoms with E-state index in [-0.39, 0.29) is 24.5 Å². The van der Waals surface area contributed by atoms with Gasteiger partial charge in [0, 0.05) is 23.2 Å². The number of ether oxygens (including phenoxy) is 1. The molecule has 0 saturated heterocycles. The Balaban J connectivity index is 1.91. The van der Waals surface area contributed by atoms with Gasteiger partial charge >= 0.3 is 5.97 Å². The van der Waals surface area contributed by atoms with Crippen LogP contribution in [0.15, 0.2) is 48.5 Å². The van der Waals surface area contributed by atoms with E-state index in [0.29, 0.717) is 23.4 Å². The van der Waals surface area contributed by atoms with Crippen molar-refractivity contribution in [2.45, 2.75) is 32.6 Å². The summed E-state index contributed by atoms with van der Waals surface area (Å²) in [6, 6.07) is 13.3. The predicted octanol–water partition coefficient (Wildman–Crippen LogP) is 4.17. The molecule has 0 saturated carbocycles. The normalized spacial score (nSPS) is 10.3. The summed E-state index contributed by atoms with van der Waals surface area (Å²) in [5.41, 5.74) is 1.47. The molecular weight excluding hydrogens is 346 g/mol. The second kappa shape index (κ2) is 10.1. The first kappa shape index (κ1) is 20.2. The Kier molecular flexibility index (Phi) is 7.55. The summed E-state index contributed by atoms with van der Waals surface area (Å²) in [6.45, 7) is 2.74. The Morgan fingerprint density at radius 3 is 2.15 bits per heavy atom. The van der Waals surface area contributed by atoms with E-state index in [1.807, 2.05) is 0 Å². The minimum Gasteiger partial charge on any atom is -0.494 e. The van der Waals surface area contributed by atoms with E-state index in [2.05, 4.69) is 12.2 Å². The topological polar surface area (TPSA) is 92.7 Å². The first-order chi connectivity index (χ1) is 13.0. The number of unbranched alkanes of at least 4 members (excludes halogenated alkanes) is 1. The molecular formula is C21H23NO5. The highest BCUT2D eigenvalue weighted by molar-refractivity contribution is 6.04. The molecule has 2 rings (SSSR count). The van der Waals surface area contributed by atoms with E-state index in [9.17, 15) is 14.4 Å². The molecule has 0 aliphatic heterocycles. The molecule has 2 aromatic carbocycles. The van der Waals surface area contributed by atoms with Gasteiger partial charge in [0.15, 0.2) is 5.78 Å². The molecule has 0 spiro atoms. The fourth-order valence-electron chi connectivity index (χ4n) is 2.34. The molecule has 6 heteroatoms. The van der Waals surface area contributed by atoms with Crippen LogP contribution in [-0.2, 0) is 4.79 Å². The Labute approximate surface area is 158 Å². The highest BCUT2D eigenvalue weighted by Crippen LogP contribution is 2.16. The Morgan fingerprint density at radius 1 is 0.926 bits per heavy atom. The molecule has 0 fully saturated rings. The number of carboxylic acids is 1. The van der Waals surface area contributed by atoms with Crippen LogP contribution in [0.2, 0.25) is 0 Å². The average Bonchev–Trinajstić information content (AvgIpc) is 2.67. The largest absolute Gasteiger partial charge is 0.494 e. The van der Waals surface area contributed by atoms with Gasteiger partial charge < -0.3 is 15.2 Å². The molecule has 0 bridgehead atoms. The van der Waals surface area contributed by atoms with Crippen LogP contribution in [0.4, 0.5) is 5.69 Å². The quantitative estimate of drug-likeness (QED) is 0.484. The van der Waals surface area contributed by atoms with E-state index in [1.54, 1.807) is 48.5 Å². The number of carbonyl (C=O) groups is 3. The fraction of sp³-hybridized carbons (Fsp3) is 0.286. The number of hydrogen-bond acceptors (Lipinski definition) is 4. The lowest BCUT2D eigenvalue weighted by Crippen LogP contribution is -2.12. The maximum atomic E-state index is 12.3. The zero-order valence-corrected chi connectivity index (χ0v) is 15.2. The van der Waals surface area contributed by atoms with Gasteiger partial charge in [-0.3, -0.25) is 14.4 Å². The van der Waals surface area contributed by atoms with Crippen LogP contribution in [-0.4, -0.2) is 29.4 Å². The van der Waals surface area contributed by atoms with Crippen LogP contribution in [0, 0.1) is 0 Å². The first-order valence-electron chi connectivity index (χ1n) is 8.89. The molecule has 0 aromatic heterocycles. The summed E-state index contributed by atoms with van der Waals surface area (Å²) in [7, 11) is 0. The third-order valence-corrected chi connectivity index (χ3v) is 3.91. The lowest BCUT2D eigenvalue weighted by molar-refractivity contribution is -0.136. The van der Waals surface area contributed by atoms with Crippen molar-refractivity contribution in [3.63, 3.8) is 0 Å². The predicted molar refractivity (Wildman–Crippen MR) is 102 cm³/mol. The average molecular weight is 369 g/mol. The van der Waals surface area contributed by atoms with E-state index in [1.165, 1.54) is 0 Å². The lowest BCUT2D eigenvalue weighted by Gasteiger charge is -2.08. The minimum absolute atomic E-state index is 0.0479. The zero-order valence-electron chi connectivity index (χ0n) is 15.2. The number of carboxylic acid groups (broad SMARTS) is 1. The fourth-order valence-corrected chi connectivity index (χ4v) is 2.34. The molecule has 0 unspecified atom stereocenters. The molecule has 0 radical (unpaired) electrons. The van der Waals surface area contributed by atoms with Gasteiger partial charge in [-0.05, 0) is 55.0 Å². The minimum atomic E-state index is -1.01. The van der Waals surface area contributed by atoms with Gasteiger partial charge in [-0.1, -0.05) is 13.3 Å². The molecule has 0 aliphatic carbocycles. The van der Waals surface area contributed by atoms with Gasteiger partial charge in [-0.2, -0.15) is 0 Å². The Bertz CT molecular complexity index is 781. The summed E-state index contributed by atoms with van der Waals surface area (Å²) in [5, 5.41) is 11.4. The number of aliphatic carboxylic acids is 1. The highest BCUT2D eigenvalue weighted by Gasteiger charge is 2.10. The van der Waals surface area contributed by atoms with E-state index in [0.717, 1.165) is 18.6 Å². The van der Waals surface area contributed by atoms with Gasteiger partial charge in [-0.25, -0.2) is 0 Å². The number of Topliss-reactive ketones (excluding diaryl/α,β-unsaturated/α-hetero) is 1. The van der Waals surface area contributed by atoms with Crippen molar-refractivity contribution in [2.24, 2.45) is 0 Å². The monoisotopic (exact) mass is 369 g/mol. The number of rotatable bonds is 10. The molecule has 0 heterocycles. The second-order valence-corrected chi connectivity index (χ2v) is 6.07. The van der Waals surface area contributed by atoms with Crippen LogP contribution < -0.4 is 10.1 Å². The second-order valence-electron chi connectivity index (χ2n) is 6.07. The smallest absolute Gasteiger partial charge is 0.303 e. The van der Waals surface area contributed by atoms with Crippen molar-refractivity contribution in [1.29, 1.82) is 0 Å². The third-order valence-electron chi connectivity index (χ3n) is 3.91. The standard InChI is InChI=1S/C21H23NO5/c1-2-3-14-27-18-10-6-16(7-11-18)21(26)22-17-8-4-15(5-9-17)19(23)12-13-20(24)25/h4-11H,2-3,12-14H2,1H3,(H,22,26)(H,24,25). The van der Waals surface area contributed by atoms with Gasteiger partial charge in [0.05, 0.1) is 13.0 Å². The number of carbonyl (C=O) groups excluding carboxylic acids is 2. The first-order valence-corrected chi connectivity index (χ1v) is 8.89. The van der Waals surface area contributed by atoms with E-state index >= 15 is 0 Å². The number of ketones is 1. The van der Waals surface area contributed by atoms with Gasteiger partial charge in [0.25, 0.3) is 5.91 Å². The van der Waals surface area contributed by atoms with Crippen molar-refractivity contribution in [2.75, 3.05) is 11.9 Å². The molecule has 27 heavy (non-hydrogen) atoms. The van der Waals surface area contributed by atoms with Crippen molar-refractivity contribution in [3.8, 4) is 5.75 Å². The lowest BCUT2D eigenvalue weighted by atomic mass is 10.1. The third kappa shape index (κ3) is 6.58. The molecule has 2 aromatic rings. The molecule has 142 valence electrons. The SMILES string of the molecule is CCCCOc1ccc(C(=O)Nc2ccc(C(=O)CCC(=O)O)cc2)cc1. The van der Waals surface area contributed by atoms with Crippen molar-refractivity contribution in [1.82, 2.24) is 0 Å². The van der Waals surface area contributed by atoms with Crippen LogP contribution in [0.3, 0.4) is 0 Å². The summed E-state index contributed by atoms with van der Waals surface area (Å²) < 4.78 is 5.57. The van der Waals surface area contributed by atoms with Gasteiger partial charge in [0.1, 0.15) is 5.75 Å². The van der Waals surface area contributed by atoms with Crippen LogP contribution in [0.25, 0.3) is 0 Å². The van der Waals surface area contributed by atoms with E-state index < -0.39 is 5.97 Å². The van der Waals surface area contributed by atoms with Gasteiger partial charge in [0.2, 0.25) is 0 Å². The maximum Gasteiger partial charge on any atom is 0.303 e. The molecule has 1 amide bonds. The number of anilines is 1. The summed E-state index contributed by atoms with van der Waals surface area (Å²) >= 11 is 0. The number of amides is 1. The van der Waals surface area contributed by atoms with Crippen molar-refractivity contribution >= 4 is 23.3 Å². The van der Waals surface area contributed by atoms with Crippen LogP contribution in [0.1, 0.15) is 53.3 Å². The molecule has 2 N–H and O–H groups in total. The Morgan fingerprint density at radius 2 is 1.56 bits per heavy atom. The summed E-state index contributed by atoms with van der Waals surface area (Å²) in [4.78, 5) is 34.7. The van der Waals surface area contributed by atoms with E-state index in [4.69, 9.17) is 9.84 Å². The van der Waals surface area contributed by atoms with Crippen molar-refractivity contribution in [3.05, 3.63) is 59.7 Å². The molecule has 0 aliphatic rings. The molecule has 6 nitrogen and oxygen atoms in total. The van der Waals surface area contributed by atoms with Crippen LogP contribution in [0.5, 0.6) is 5.75 Å². The summed E-state index contributed by atoms with van der Waals surface area (Å²) in [5.74, 6) is -0.785. The number of hydrogen-bond donors (Lipinski definition) is 2. The number of benzene rings is 2. The maximum absolute atomic E-state index is 12.3. The van der Waals surface area contributed by atoms with Crippen molar-refractivity contribution < 1.29 is 24.2 Å². The van der Waals surface area contributed by atoms with Crippen LogP contribution >= 0.6 is 0 Å². The molecule has 0 atom stereocenters. The summed E-state index contributed by atoms with van der Waals surface area (Å²) in [6.07, 6.45) is 1.80.